The maximum absolute atomic E-state index is 4.68. The van der Waals surface area contributed by atoms with Crippen molar-refractivity contribution < 1.29 is 0 Å². The zero-order valence-electron chi connectivity index (χ0n) is 11.6. The highest BCUT2D eigenvalue weighted by molar-refractivity contribution is 5.48. The van der Waals surface area contributed by atoms with E-state index in [4.69, 9.17) is 0 Å². The maximum atomic E-state index is 4.68. The van der Waals surface area contributed by atoms with Crippen LogP contribution in [-0.2, 0) is 12.8 Å². The van der Waals surface area contributed by atoms with Crippen LogP contribution in [-0.4, -0.2) is 9.78 Å². The van der Waals surface area contributed by atoms with Crippen molar-refractivity contribution in [1.29, 1.82) is 0 Å². The van der Waals surface area contributed by atoms with Gasteiger partial charge in [0.2, 0.25) is 0 Å². The third kappa shape index (κ3) is 1.52. The highest BCUT2D eigenvalue weighted by atomic mass is 15.3. The minimum Gasteiger partial charge on any atom is -0.238 e. The fourth-order valence-corrected chi connectivity index (χ4v) is 3.13. The van der Waals surface area contributed by atoms with Gasteiger partial charge in [0, 0.05) is 5.69 Å². The Hall–Kier alpha value is -1.57. The number of fused-ring (bicyclic) bond motifs is 1. The largest absolute Gasteiger partial charge is 0.238 e. The van der Waals surface area contributed by atoms with Crippen LogP contribution in [0.3, 0.4) is 0 Å². The lowest BCUT2D eigenvalue weighted by Crippen LogP contribution is -2.14. The molecular weight excluding hydrogens is 220 g/mol. The van der Waals surface area contributed by atoms with Gasteiger partial charge in [-0.15, -0.1) is 0 Å². The maximum Gasteiger partial charge on any atom is 0.0651 e. The number of nitrogens with zero attached hydrogens (tertiary/aromatic N) is 2. The monoisotopic (exact) mass is 240 g/mol. The summed E-state index contributed by atoms with van der Waals surface area (Å²) in [6.07, 6.45) is 2.27. The fraction of sp³-hybridized carbons (Fsp3) is 0.438. The first kappa shape index (κ1) is 11.5. The summed E-state index contributed by atoms with van der Waals surface area (Å²) in [5.74, 6) is 0.737. The summed E-state index contributed by atoms with van der Waals surface area (Å²) in [5.41, 5.74) is 8.03. The van der Waals surface area contributed by atoms with Crippen molar-refractivity contribution in [3.63, 3.8) is 0 Å². The van der Waals surface area contributed by atoms with E-state index in [1.807, 2.05) is 0 Å². The van der Waals surface area contributed by atoms with E-state index in [0.29, 0.717) is 0 Å². The van der Waals surface area contributed by atoms with E-state index in [0.717, 1.165) is 18.0 Å². The number of aryl methyl sites for hydroxylation is 1. The van der Waals surface area contributed by atoms with Crippen LogP contribution < -0.4 is 0 Å². The minimum absolute atomic E-state index is 0.737. The Labute approximate surface area is 109 Å². The zero-order chi connectivity index (χ0) is 12.9. The first-order chi connectivity index (χ1) is 8.61. The van der Waals surface area contributed by atoms with Crippen molar-refractivity contribution in [1.82, 2.24) is 9.78 Å². The normalized spacial score (nSPS) is 17.4. The summed E-state index contributed by atoms with van der Waals surface area (Å²) in [7, 11) is 0. The molecule has 0 spiro atoms. The summed E-state index contributed by atoms with van der Waals surface area (Å²) in [4.78, 5) is 0. The quantitative estimate of drug-likeness (QED) is 0.782. The van der Waals surface area contributed by atoms with Crippen LogP contribution in [0.1, 0.15) is 47.8 Å². The number of rotatable bonds is 2. The molecule has 2 nitrogen and oxygen atoms in total. The van der Waals surface area contributed by atoms with E-state index in [2.05, 4.69) is 55.7 Å². The van der Waals surface area contributed by atoms with E-state index in [1.165, 1.54) is 34.5 Å². The Bertz CT molecular complexity index is 608. The van der Waals surface area contributed by atoms with Gasteiger partial charge >= 0.3 is 0 Å². The summed E-state index contributed by atoms with van der Waals surface area (Å²) < 4.78 is 2.09. The molecule has 0 bridgehead atoms. The lowest BCUT2D eigenvalue weighted by Gasteiger charge is -2.27. The molecule has 2 aromatic rings. The molecule has 0 amide bonds. The van der Waals surface area contributed by atoms with E-state index in [9.17, 15) is 0 Å². The van der Waals surface area contributed by atoms with Gasteiger partial charge in [0.05, 0.1) is 11.4 Å². The molecule has 1 aliphatic carbocycles. The molecule has 18 heavy (non-hydrogen) atoms. The van der Waals surface area contributed by atoms with E-state index >= 15 is 0 Å². The van der Waals surface area contributed by atoms with Crippen molar-refractivity contribution >= 4 is 0 Å². The topological polar surface area (TPSA) is 17.8 Å². The van der Waals surface area contributed by atoms with Gasteiger partial charge in [-0.3, -0.25) is 0 Å². The molecule has 0 aliphatic heterocycles. The second kappa shape index (κ2) is 3.98. The van der Waals surface area contributed by atoms with Crippen molar-refractivity contribution in [3.8, 4) is 5.69 Å². The van der Waals surface area contributed by atoms with E-state index in [1.54, 1.807) is 0 Å². The van der Waals surface area contributed by atoms with Gasteiger partial charge in [-0.25, -0.2) is 4.68 Å². The van der Waals surface area contributed by atoms with Crippen molar-refractivity contribution in [3.05, 3.63) is 46.3 Å². The van der Waals surface area contributed by atoms with Gasteiger partial charge in [-0.05, 0) is 61.4 Å². The highest BCUT2D eigenvalue weighted by Crippen LogP contribution is 2.35. The van der Waals surface area contributed by atoms with Gasteiger partial charge in [0.15, 0.2) is 0 Å². The van der Waals surface area contributed by atoms with Gasteiger partial charge in [0.25, 0.3) is 0 Å². The summed E-state index contributed by atoms with van der Waals surface area (Å²) >= 11 is 0. The van der Waals surface area contributed by atoms with Crippen LogP contribution in [0.5, 0.6) is 0 Å². The molecule has 0 radical (unpaired) electrons. The lowest BCUT2D eigenvalue weighted by atomic mass is 9.79. The summed E-state index contributed by atoms with van der Waals surface area (Å²) in [6, 6.07) is 6.77. The Morgan fingerprint density at radius 2 is 2.11 bits per heavy atom. The van der Waals surface area contributed by atoms with Crippen LogP contribution >= 0.6 is 0 Å². The summed E-state index contributed by atoms with van der Waals surface area (Å²) in [5, 5.41) is 4.68. The van der Waals surface area contributed by atoms with Crippen molar-refractivity contribution in [2.24, 2.45) is 0 Å². The van der Waals surface area contributed by atoms with E-state index in [-0.39, 0.29) is 0 Å². The molecule has 1 atom stereocenters. The fourth-order valence-electron chi connectivity index (χ4n) is 3.13. The Morgan fingerprint density at radius 1 is 1.33 bits per heavy atom. The molecule has 3 rings (SSSR count). The average Bonchev–Trinajstić information content (AvgIpc) is 2.62. The van der Waals surface area contributed by atoms with Gasteiger partial charge in [-0.1, -0.05) is 19.9 Å². The highest BCUT2D eigenvalue weighted by Gasteiger charge is 2.22. The molecule has 1 aromatic heterocycles. The molecule has 1 aliphatic rings. The van der Waals surface area contributed by atoms with E-state index < -0.39 is 0 Å². The van der Waals surface area contributed by atoms with Crippen LogP contribution in [0.15, 0.2) is 18.2 Å². The number of aromatic nitrogens is 2. The molecule has 0 fully saturated rings. The van der Waals surface area contributed by atoms with Crippen molar-refractivity contribution in [2.75, 3.05) is 0 Å². The Balaban J connectivity index is 2.08. The molecule has 0 saturated carbocycles. The molecule has 1 heterocycles. The first-order valence-corrected chi connectivity index (χ1v) is 6.80. The molecular formula is C16H20N2. The second-order valence-electron chi connectivity index (χ2n) is 5.40. The second-order valence-corrected chi connectivity index (χ2v) is 5.40. The third-order valence-corrected chi connectivity index (χ3v) is 4.22. The lowest BCUT2D eigenvalue weighted by molar-refractivity contribution is 0.664. The first-order valence-electron chi connectivity index (χ1n) is 6.80. The van der Waals surface area contributed by atoms with Crippen LogP contribution in [0.25, 0.3) is 5.69 Å². The van der Waals surface area contributed by atoms with Gasteiger partial charge in [-0.2, -0.15) is 5.10 Å². The smallest absolute Gasteiger partial charge is 0.0651 e. The number of hydrogen-bond donors (Lipinski definition) is 0. The predicted octanol–water partition coefficient (Wildman–Crippen LogP) is 3.71. The van der Waals surface area contributed by atoms with Crippen LogP contribution in [0, 0.1) is 13.8 Å². The molecule has 0 N–H and O–H groups in total. The van der Waals surface area contributed by atoms with Crippen LogP contribution in [0.4, 0.5) is 0 Å². The van der Waals surface area contributed by atoms with Crippen LogP contribution in [0.2, 0.25) is 0 Å². The zero-order valence-corrected chi connectivity index (χ0v) is 11.6. The van der Waals surface area contributed by atoms with Gasteiger partial charge < -0.3 is 0 Å². The average molecular weight is 240 g/mol. The molecule has 0 saturated heterocycles. The number of hydrogen-bond acceptors (Lipinski definition) is 1. The molecule has 2 heteroatoms. The predicted molar refractivity (Wildman–Crippen MR) is 74.5 cm³/mol. The Morgan fingerprint density at radius 3 is 2.67 bits per heavy atom. The third-order valence-electron chi connectivity index (χ3n) is 4.22. The Kier molecular flexibility index (Phi) is 2.54. The SMILES string of the molecule is CCc1c(C)nn(-c2ccc3c(c2)CC3C)c1C. The standard InChI is InChI=1S/C16H20N2/c1-5-15-11(3)17-18(12(15)4)14-6-7-16-10(2)8-13(16)9-14/h6-7,9-10H,5,8H2,1-4H3. The van der Waals surface area contributed by atoms with Gasteiger partial charge in [0.1, 0.15) is 0 Å². The summed E-state index contributed by atoms with van der Waals surface area (Å²) in [6.45, 7) is 8.76. The van der Waals surface area contributed by atoms with Crippen molar-refractivity contribution in [2.45, 2.75) is 46.5 Å². The number of benzene rings is 1. The molecule has 1 aromatic carbocycles. The molecule has 94 valence electrons. The minimum atomic E-state index is 0.737. The molecule has 1 unspecified atom stereocenters.